The third-order valence-corrected chi connectivity index (χ3v) is 13.0. The fourth-order valence-corrected chi connectivity index (χ4v) is 8.45. The minimum atomic E-state index is -1.71. The maximum absolute atomic E-state index is 13.0. The monoisotopic (exact) mass is 1010 g/mol. The summed E-state index contributed by atoms with van der Waals surface area (Å²) in [4.78, 5) is 13.0. The molecule has 2 aliphatic heterocycles. The second-order valence-electron chi connectivity index (χ2n) is 19.4. The van der Waals surface area contributed by atoms with E-state index in [1.807, 2.05) is 0 Å². The lowest BCUT2D eigenvalue weighted by atomic mass is 9.98. The van der Waals surface area contributed by atoms with E-state index in [0.717, 1.165) is 89.9 Å². The zero-order valence-corrected chi connectivity index (χ0v) is 43.9. The van der Waals surface area contributed by atoms with Crippen molar-refractivity contribution in [3.63, 3.8) is 0 Å². The predicted octanol–water partition coefficient (Wildman–Crippen LogP) is 9.30. The molecule has 0 amide bonds. The Labute approximate surface area is 428 Å². The van der Waals surface area contributed by atoms with E-state index in [4.69, 9.17) is 28.4 Å². The van der Waals surface area contributed by atoms with Crippen LogP contribution in [0.25, 0.3) is 0 Å². The molecule has 2 aliphatic rings. The van der Waals surface area contributed by atoms with Gasteiger partial charge in [0.15, 0.2) is 12.6 Å². The summed E-state index contributed by atoms with van der Waals surface area (Å²) in [6.07, 6.45) is 37.1. The van der Waals surface area contributed by atoms with E-state index in [0.29, 0.717) is 13.0 Å². The van der Waals surface area contributed by atoms with Crippen molar-refractivity contribution in [2.75, 3.05) is 33.0 Å². The van der Waals surface area contributed by atoms with Gasteiger partial charge in [-0.25, -0.2) is 0 Å². The molecular formula is C57H100O14. The Balaban J connectivity index is 1.71. The van der Waals surface area contributed by atoms with Crippen LogP contribution in [-0.4, -0.2) is 142 Å². The van der Waals surface area contributed by atoms with Crippen LogP contribution in [0.3, 0.4) is 0 Å². The van der Waals surface area contributed by atoms with E-state index in [1.165, 1.54) is 77.0 Å². The molecular weight excluding hydrogens is 909 g/mol. The standard InChI is InChI=1S/C57H100O14/c1-3-5-7-9-11-13-15-17-18-19-20-21-22-23-24-25-26-27-29-31-33-35-37-39-41-66-43-46(69-49(59)40-38-36-34-32-30-28-16-14-12-10-8-6-4-2)44-67-56-55(65)53(63)51(61)48(71-56)45-68-57-54(64)52(62)50(60)47(42-58)70-57/h8,10,14-17,19-20,22-23,46-48,50-58,60-65H,3-7,9,11-13,18,21,24-45H2,1-2H3/b10-8-,16-14-,17-15-,20-19-,23-22-. The first-order valence-electron chi connectivity index (χ1n) is 27.9. The molecule has 0 aliphatic carbocycles. The summed E-state index contributed by atoms with van der Waals surface area (Å²) in [6, 6.07) is 0. The number of ether oxygens (including phenoxy) is 6. The molecule has 7 N–H and O–H groups in total. The summed E-state index contributed by atoms with van der Waals surface area (Å²) < 4.78 is 34.3. The van der Waals surface area contributed by atoms with Gasteiger partial charge in [0.05, 0.1) is 26.4 Å². The minimum absolute atomic E-state index is 0.0497. The number of hydrogen-bond acceptors (Lipinski definition) is 14. The molecule has 0 aromatic heterocycles. The fraction of sp³-hybridized carbons (Fsp3) is 0.807. The molecule has 412 valence electrons. The first-order chi connectivity index (χ1) is 34.6. The Morgan fingerprint density at radius 1 is 0.465 bits per heavy atom. The van der Waals surface area contributed by atoms with Gasteiger partial charge in [-0.1, -0.05) is 171 Å². The van der Waals surface area contributed by atoms with Gasteiger partial charge in [-0.05, 0) is 77.0 Å². The molecule has 2 heterocycles. The number of carbonyl (C=O) groups excluding carboxylic acids is 1. The number of aliphatic hydroxyl groups excluding tert-OH is 7. The van der Waals surface area contributed by atoms with Gasteiger partial charge in [0.2, 0.25) is 0 Å². The molecule has 2 fully saturated rings. The minimum Gasteiger partial charge on any atom is -0.457 e. The van der Waals surface area contributed by atoms with E-state index in [9.17, 15) is 40.5 Å². The van der Waals surface area contributed by atoms with E-state index >= 15 is 0 Å². The highest BCUT2D eigenvalue weighted by molar-refractivity contribution is 5.69. The lowest BCUT2D eigenvalue weighted by Crippen LogP contribution is -2.61. The van der Waals surface area contributed by atoms with Crippen LogP contribution in [0, 0.1) is 0 Å². The Morgan fingerprint density at radius 3 is 1.42 bits per heavy atom. The molecule has 0 aromatic rings. The van der Waals surface area contributed by atoms with E-state index in [2.05, 4.69) is 74.6 Å². The Bertz CT molecular complexity index is 1400. The summed E-state index contributed by atoms with van der Waals surface area (Å²) in [6.45, 7) is 3.58. The van der Waals surface area contributed by atoms with Gasteiger partial charge in [0.1, 0.15) is 54.9 Å². The van der Waals surface area contributed by atoms with Crippen molar-refractivity contribution >= 4 is 5.97 Å². The largest absolute Gasteiger partial charge is 0.457 e. The Kier molecular flexibility index (Phi) is 40.2. The molecule has 0 radical (unpaired) electrons. The SMILES string of the molecule is CCC/C=C\C/C=C\CCCCCCCC(=O)OC(COCCCCCCCCCCC/C=C\C/C=C\C/C=C\CCCCCCC)COC1OC(COC2OC(CO)C(O)C(O)C2O)C(O)C(O)C1O. The zero-order valence-electron chi connectivity index (χ0n) is 43.9. The molecule has 14 nitrogen and oxygen atoms in total. The quantitative estimate of drug-likeness (QED) is 0.0172. The van der Waals surface area contributed by atoms with E-state index in [1.54, 1.807) is 0 Å². The van der Waals surface area contributed by atoms with Gasteiger partial charge in [0.25, 0.3) is 0 Å². The van der Waals surface area contributed by atoms with Crippen molar-refractivity contribution in [3.8, 4) is 0 Å². The summed E-state index contributed by atoms with van der Waals surface area (Å²) in [5.41, 5.74) is 0. The third-order valence-electron chi connectivity index (χ3n) is 13.0. The summed E-state index contributed by atoms with van der Waals surface area (Å²) in [7, 11) is 0. The van der Waals surface area contributed by atoms with Gasteiger partial charge in [-0.2, -0.15) is 0 Å². The van der Waals surface area contributed by atoms with Crippen LogP contribution in [0.1, 0.15) is 194 Å². The van der Waals surface area contributed by atoms with Crippen LogP contribution in [0.4, 0.5) is 0 Å². The van der Waals surface area contributed by atoms with Gasteiger partial charge in [-0.15, -0.1) is 0 Å². The zero-order chi connectivity index (χ0) is 51.6. The van der Waals surface area contributed by atoms with E-state index in [-0.39, 0.29) is 19.6 Å². The van der Waals surface area contributed by atoms with Crippen molar-refractivity contribution in [1.29, 1.82) is 0 Å². The topological polar surface area (TPSA) is 214 Å². The highest BCUT2D eigenvalue weighted by atomic mass is 16.7. The molecule has 0 aromatic carbocycles. The van der Waals surface area contributed by atoms with Crippen molar-refractivity contribution in [2.45, 2.75) is 261 Å². The maximum Gasteiger partial charge on any atom is 0.306 e. The first kappa shape index (κ1) is 64.8. The average molecular weight is 1010 g/mol. The average Bonchev–Trinajstić information content (AvgIpc) is 3.37. The van der Waals surface area contributed by atoms with Crippen molar-refractivity contribution in [3.05, 3.63) is 60.8 Å². The normalized spacial score (nSPS) is 25.8. The molecule has 0 bridgehead atoms. The first-order valence-corrected chi connectivity index (χ1v) is 27.9. The summed E-state index contributed by atoms with van der Waals surface area (Å²) in [5, 5.41) is 72.2. The molecule has 11 unspecified atom stereocenters. The van der Waals surface area contributed by atoms with Crippen molar-refractivity contribution < 1.29 is 69.0 Å². The van der Waals surface area contributed by atoms with Gasteiger partial charge in [0, 0.05) is 13.0 Å². The smallest absolute Gasteiger partial charge is 0.306 e. The lowest BCUT2D eigenvalue weighted by molar-refractivity contribution is -0.332. The number of esters is 1. The highest BCUT2D eigenvalue weighted by Gasteiger charge is 2.47. The van der Waals surface area contributed by atoms with E-state index < -0.39 is 86.7 Å². The van der Waals surface area contributed by atoms with Crippen LogP contribution in [-0.2, 0) is 33.2 Å². The van der Waals surface area contributed by atoms with Crippen LogP contribution in [0.2, 0.25) is 0 Å². The van der Waals surface area contributed by atoms with Gasteiger partial charge in [-0.3, -0.25) is 4.79 Å². The Morgan fingerprint density at radius 2 is 0.901 bits per heavy atom. The van der Waals surface area contributed by atoms with Gasteiger partial charge < -0.3 is 64.2 Å². The molecule has 2 rings (SSSR count). The lowest BCUT2D eigenvalue weighted by Gasteiger charge is -2.42. The molecule has 0 spiro atoms. The van der Waals surface area contributed by atoms with Crippen LogP contribution in [0.15, 0.2) is 60.8 Å². The number of allylic oxidation sites excluding steroid dienone is 10. The van der Waals surface area contributed by atoms with Crippen molar-refractivity contribution in [1.82, 2.24) is 0 Å². The molecule has 0 saturated carbocycles. The number of hydrogen-bond donors (Lipinski definition) is 7. The van der Waals surface area contributed by atoms with Crippen LogP contribution in [0.5, 0.6) is 0 Å². The fourth-order valence-electron chi connectivity index (χ4n) is 8.45. The maximum atomic E-state index is 13.0. The summed E-state index contributed by atoms with van der Waals surface area (Å²) in [5.74, 6) is -0.394. The summed E-state index contributed by atoms with van der Waals surface area (Å²) >= 11 is 0. The van der Waals surface area contributed by atoms with Crippen molar-refractivity contribution in [2.24, 2.45) is 0 Å². The number of carbonyl (C=O) groups is 1. The van der Waals surface area contributed by atoms with Crippen LogP contribution >= 0.6 is 0 Å². The number of unbranched alkanes of at least 4 members (excludes halogenated alkanes) is 20. The molecule has 14 heteroatoms. The number of rotatable bonds is 44. The third kappa shape index (κ3) is 31.2. The van der Waals surface area contributed by atoms with Crippen LogP contribution < -0.4 is 0 Å². The molecule has 11 atom stereocenters. The molecule has 2 saturated heterocycles. The second-order valence-corrected chi connectivity index (χ2v) is 19.4. The molecule has 71 heavy (non-hydrogen) atoms. The number of aliphatic hydroxyl groups is 7. The highest BCUT2D eigenvalue weighted by Crippen LogP contribution is 2.26. The second kappa shape index (κ2) is 44.0. The predicted molar refractivity (Wildman–Crippen MR) is 279 cm³/mol. The Hall–Kier alpha value is -2.31. The van der Waals surface area contributed by atoms with Gasteiger partial charge >= 0.3 is 5.97 Å².